The zero-order chi connectivity index (χ0) is 30.5. The Morgan fingerprint density at radius 1 is 0.304 bits per heavy atom. The highest BCUT2D eigenvalue weighted by molar-refractivity contribution is 6.22. The van der Waals surface area contributed by atoms with Crippen LogP contribution >= 0.6 is 0 Å². The van der Waals surface area contributed by atoms with E-state index in [-0.39, 0.29) is 0 Å². The molecule has 1 nitrogen and oxygen atoms in total. The van der Waals surface area contributed by atoms with Crippen LogP contribution < -0.4 is 0 Å². The van der Waals surface area contributed by atoms with Gasteiger partial charge in [0, 0.05) is 17.3 Å². The Balaban J connectivity index is 1.39. The minimum atomic E-state index is 0.987. The fourth-order valence-corrected chi connectivity index (χ4v) is 7.12. The van der Waals surface area contributed by atoms with Crippen LogP contribution in [0.15, 0.2) is 176 Å². The van der Waals surface area contributed by atoms with Crippen molar-refractivity contribution in [3.05, 3.63) is 176 Å². The lowest BCUT2D eigenvalue weighted by molar-refractivity contribution is 1.33. The summed E-state index contributed by atoms with van der Waals surface area (Å²) in [5.41, 5.74) is 9.33. The Labute approximate surface area is 268 Å². The molecule has 0 radical (unpaired) electrons. The Kier molecular flexibility index (Phi) is 6.21. The van der Waals surface area contributed by atoms with Crippen molar-refractivity contribution in [3.63, 3.8) is 0 Å². The third-order valence-corrected chi connectivity index (χ3v) is 9.27. The second-order valence-corrected chi connectivity index (χ2v) is 11.9. The molecule has 9 aromatic rings. The highest BCUT2D eigenvalue weighted by atomic mass is 14.7. The molecular weight excluding hydrogens is 555 g/mol. The molecule has 0 N–H and O–H groups in total. The van der Waals surface area contributed by atoms with Crippen molar-refractivity contribution in [2.45, 2.75) is 0 Å². The number of pyridine rings is 1. The molecule has 0 aliphatic carbocycles. The maximum absolute atomic E-state index is 4.95. The first kappa shape index (κ1) is 26.4. The molecule has 1 aromatic heterocycles. The van der Waals surface area contributed by atoms with E-state index in [1.54, 1.807) is 0 Å². The van der Waals surface area contributed by atoms with E-state index in [1.807, 2.05) is 12.3 Å². The van der Waals surface area contributed by atoms with Crippen LogP contribution in [-0.4, -0.2) is 4.98 Å². The molecule has 0 aliphatic heterocycles. The molecule has 0 fully saturated rings. The van der Waals surface area contributed by atoms with Crippen molar-refractivity contribution in [1.82, 2.24) is 4.98 Å². The molecule has 0 amide bonds. The molecule has 1 heterocycles. The molecule has 214 valence electrons. The van der Waals surface area contributed by atoms with Gasteiger partial charge in [-0.15, -0.1) is 0 Å². The lowest BCUT2D eigenvalue weighted by atomic mass is 9.84. The van der Waals surface area contributed by atoms with Gasteiger partial charge in [-0.05, 0) is 95.2 Å². The molecule has 0 unspecified atom stereocenters. The smallest absolute Gasteiger partial charge is 0.0780 e. The van der Waals surface area contributed by atoms with Gasteiger partial charge in [0.25, 0.3) is 0 Å². The lowest BCUT2D eigenvalue weighted by Crippen LogP contribution is -1.93. The minimum Gasteiger partial charge on any atom is -0.256 e. The number of nitrogens with zero attached hydrogens (tertiary/aromatic N) is 1. The maximum Gasteiger partial charge on any atom is 0.0780 e. The van der Waals surface area contributed by atoms with Crippen molar-refractivity contribution in [2.24, 2.45) is 0 Å². The highest BCUT2D eigenvalue weighted by Gasteiger charge is 2.19. The van der Waals surface area contributed by atoms with Gasteiger partial charge in [-0.25, -0.2) is 0 Å². The van der Waals surface area contributed by atoms with Crippen LogP contribution in [0.3, 0.4) is 0 Å². The molecule has 1 heteroatoms. The molecule has 0 saturated carbocycles. The van der Waals surface area contributed by atoms with Gasteiger partial charge in [-0.2, -0.15) is 0 Å². The molecular formula is C45H29N. The van der Waals surface area contributed by atoms with Gasteiger partial charge in [0.2, 0.25) is 0 Å². The summed E-state index contributed by atoms with van der Waals surface area (Å²) in [6, 6.07) is 61.6. The topological polar surface area (TPSA) is 12.9 Å². The number of fused-ring (bicyclic) bond motifs is 4. The first-order chi connectivity index (χ1) is 22.8. The van der Waals surface area contributed by atoms with E-state index in [0.717, 1.165) is 22.4 Å². The number of hydrogen-bond acceptors (Lipinski definition) is 1. The van der Waals surface area contributed by atoms with Crippen LogP contribution in [0.4, 0.5) is 0 Å². The standard InChI is InChI=1S/C45H29N/c1-2-13-32(14-3-1)38-19-10-26-46-45(38)37-24-25-41-42(29-37)44(36-23-21-31-12-5-7-16-34(31)28-36)40-18-9-8-17-39(40)43(41)35-22-20-30-11-4-6-15-33(30)27-35/h1-29H. The molecule has 46 heavy (non-hydrogen) atoms. The summed E-state index contributed by atoms with van der Waals surface area (Å²) in [7, 11) is 0. The van der Waals surface area contributed by atoms with Crippen LogP contribution in [0.25, 0.3) is 87.7 Å². The fraction of sp³-hybridized carbons (Fsp3) is 0. The van der Waals surface area contributed by atoms with Gasteiger partial charge < -0.3 is 0 Å². The van der Waals surface area contributed by atoms with Gasteiger partial charge in [0.1, 0.15) is 0 Å². The second-order valence-electron chi connectivity index (χ2n) is 11.9. The van der Waals surface area contributed by atoms with Crippen molar-refractivity contribution in [1.29, 1.82) is 0 Å². The van der Waals surface area contributed by atoms with Gasteiger partial charge in [-0.3, -0.25) is 4.98 Å². The Morgan fingerprint density at radius 3 is 1.48 bits per heavy atom. The van der Waals surface area contributed by atoms with Crippen LogP contribution in [0.1, 0.15) is 0 Å². The van der Waals surface area contributed by atoms with E-state index < -0.39 is 0 Å². The van der Waals surface area contributed by atoms with E-state index in [2.05, 4.69) is 164 Å². The summed E-state index contributed by atoms with van der Waals surface area (Å²) in [5, 5.41) is 9.93. The van der Waals surface area contributed by atoms with Crippen molar-refractivity contribution < 1.29 is 0 Å². The molecule has 0 saturated heterocycles. The van der Waals surface area contributed by atoms with Crippen LogP contribution in [0.2, 0.25) is 0 Å². The number of hydrogen-bond donors (Lipinski definition) is 0. The molecule has 8 aromatic carbocycles. The van der Waals surface area contributed by atoms with Gasteiger partial charge in [-0.1, -0.05) is 146 Å². The summed E-state index contributed by atoms with van der Waals surface area (Å²) >= 11 is 0. The number of benzene rings is 8. The van der Waals surface area contributed by atoms with E-state index in [9.17, 15) is 0 Å². The van der Waals surface area contributed by atoms with Crippen LogP contribution in [0.5, 0.6) is 0 Å². The normalized spacial score (nSPS) is 11.5. The summed E-state index contributed by atoms with van der Waals surface area (Å²) in [4.78, 5) is 4.95. The van der Waals surface area contributed by atoms with Gasteiger partial charge in [0.15, 0.2) is 0 Å². The largest absolute Gasteiger partial charge is 0.256 e. The van der Waals surface area contributed by atoms with Crippen molar-refractivity contribution in [2.75, 3.05) is 0 Å². The Morgan fingerprint density at radius 2 is 0.826 bits per heavy atom. The summed E-state index contributed by atoms with van der Waals surface area (Å²) < 4.78 is 0. The SMILES string of the molecule is c1ccc(-c2cccnc2-c2ccc3c(-c4ccc5ccccc5c4)c4ccccc4c(-c4ccc5ccccc5c4)c3c2)cc1. The second kappa shape index (κ2) is 10.8. The molecule has 0 spiro atoms. The molecule has 0 atom stereocenters. The molecule has 9 rings (SSSR count). The summed E-state index contributed by atoms with van der Waals surface area (Å²) in [5.74, 6) is 0. The lowest BCUT2D eigenvalue weighted by Gasteiger charge is -2.19. The predicted octanol–water partition coefficient (Wildman–Crippen LogP) is 12.4. The number of rotatable bonds is 4. The maximum atomic E-state index is 4.95. The Bertz CT molecular complexity index is 2580. The minimum absolute atomic E-state index is 0.987. The predicted molar refractivity (Wildman–Crippen MR) is 196 cm³/mol. The fourth-order valence-electron chi connectivity index (χ4n) is 7.12. The third-order valence-electron chi connectivity index (χ3n) is 9.27. The van der Waals surface area contributed by atoms with E-state index >= 15 is 0 Å². The quantitative estimate of drug-likeness (QED) is 0.188. The van der Waals surface area contributed by atoms with Crippen LogP contribution in [0, 0.1) is 0 Å². The zero-order valence-electron chi connectivity index (χ0n) is 25.2. The van der Waals surface area contributed by atoms with E-state index in [1.165, 1.54) is 65.3 Å². The van der Waals surface area contributed by atoms with E-state index in [0.29, 0.717) is 0 Å². The summed E-state index contributed by atoms with van der Waals surface area (Å²) in [6.45, 7) is 0. The van der Waals surface area contributed by atoms with Gasteiger partial charge >= 0.3 is 0 Å². The Hall–Kier alpha value is -6.05. The molecule has 0 aliphatic rings. The summed E-state index contributed by atoms with van der Waals surface area (Å²) in [6.07, 6.45) is 1.90. The first-order valence-corrected chi connectivity index (χ1v) is 15.8. The third kappa shape index (κ3) is 4.37. The molecule has 0 bridgehead atoms. The van der Waals surface area contributed by atoms with E-state index in [4.69, 9.17) is 4.98 Å². The first-order valence-electron chi connectivity index (χ1n) is 15.8. The highest BCUT2D eigenvalue weighted by Crippen LogP contribution is 2.46. The monoisotopic (exact) mass is 583 g/mol. The van der Waals surface area contributed by atoms with Crippen LogP contribution in [-0.2, 0) is 0 Å². The van der Waals surface area contributed by atoms with Gasteiger partial charge in [0.05, 0.1) is 5.69 Å². The zero-order valence-corrected chi connectivity index (χ0v) is 25.2. The average Bonchev–Trinajstić information content (AvgIpc) is 3.13. The average molecular weight is 584 g/mol. The van der Waals surface area contributed by atoms with Crippen molar-refractivity contribution in [3.8, 4) is 44.6 Å². The number of aromatic nitrogens is 1. The van der Waals surface area contributed by atoms with Crippen molar-refractivity contribution >= 4 is 43.1 Å².